The molecular weight excluding hydrogens is 270 g/mol. The minimum atomic E-state index is 0.451. The van der Waals surface area contributed by atoms with Gasteiger partial charge in [-0.25, -0.2) is 0 Å². The van der Waals surface area contributed by atoms with Gasteiger partial charge < -0.3 is 10.3 Å². The van der Waals surface area contributed by atoms with Crippen LogP contribution in [0, 0.1) is 0 Å². The highest BCUT2D eigenvalue weighted by Crippen LogP contribution is 2.31. The van der Waals surface area contributed by atoms with Crippen LogP contribution in [0.2, 0.25) is 5.02 Å². The van der Waals surface area contributed by atoms with Crippen LogP contribution in [-0.2, 0) is 0 Å². The van der Waals surface area contributed by atoms with Gasteiger partial charge in [-0.05, 0) is 24.3 Å². The Hall–Kier alpha value is -1.85. The monoisotopic (exact) mass is 277 g/mol. The molecule has 3 rings (SSSR count). The van der Waals surface area contributed by atoms with Crippen molar-refractivity contribution in [3.63, 3.8) is 0 Å². The van der Waals surface area contributed by atoms with Gasteiger partial charge in [-0.3, -0.25) is 0 Å². The fraction of sp³-hybridized carbons (Fsp3) is 0. The molecule has 2 heterocycles. The first kappa shape index (κ1) is 11.3. The van der Waals surface area contributed by atoms with Gasteiger partial charge in [-0.15, -0.1) is 11.3 Å². The number of rotatable bonds is 2. The number of nitrogens with zero attached hydrogens (tertiary/aromatic N) is 2. The minimum Gasteiger partial charge on any atom is -0.391 e. The summed E-state index contributed by atoms with van der Waals surface area (Å²) in [7, 11) is 0. The summed E-state index contributed by atoms with van der Waals surface area (Å²) in [5.41, 5.74) is 6.41. The molecule has 0 spiro atoms. The molecule has 1 aromatic carbocycles. The van der Waals surface area contributed by atoms with Gasteiger partial charge in [0.2, 0.25) is 5.82 Å². The van der Waals surface area contributed by atoms with Crippen LogP contribution in [0.3, 0.4) is 0 Å². The zero-order valence-electron chi connectivity index (χ0n) is 9.13. The second kappa shape index (κ2) is 4.44. The highest BCUT2D eigenvalue weighted by molar-refractivity contribution is 7.19. The summed E-state index contributed by atoms with van der Waals surface area (Å²) >= 11 is 7.48. The molecule has 6 heteroatoms. The van der Waals surface area contributed by atoms with E-state index in [2.05, 4.69) is 10.1 Å². The molecule has 0 atom stereocenters. The third kappa shape index (κ3) is 1.98. The number of anilines is 1. The molecule has 18 heavy (non-hydrogen) atoms. The van der Waals surface area contributed by atoms with E-state index in [-0.39, 0.29) is 0 Å². The topological polar surface area (TPSA) is 64.9 Å². The molecule has 0 saturated heterocycles. The molecule has 0 saturated carbocycles. The molecule has 3 aromatic rings. The summed E-state index contributed by atoms with van der Waals surface area (Å²) < 4.78 is 5.21. The maximum atomic E-state index is 6.08. The van der Waals surface area contributed by atoms with Gasteiger partial charge in [-0.2, -0.15) is 4.98 Å². The maximum absolute atomic E-state index is 6.08. The van der Waals surface area contributed by atoms with Crippen LogP contribution in [0.1, 0.15) is 0 Å². The van der Waals surface area contributed by atoms with Crippen molar-refractivity contribution in [2.45, 2.75) is 0 Å². The Kier molecular flexibility index (Phi) is 2.77. The summed E-state index contributed by atoms with van der Waals surface area (Å²) in [5, 5.41) is 5.23. The average molecular weight is 278 g/mol. The molecule has 0 unspecified atom stereocenters. The molecule has 2 aromatic heterocycles. The molecule has 0 aliphatic rings. The third-order valence-electron chi connectivity index (χ3n) is 2.38. The van der Waals surface area contributed by atoms with E-state index in [1.54, 1.807) is 12.1 Å². The molecule has 4 nitrogen and oxygen atoms in total. The van der Waals surface area contributed by atoms with Crippen molar-refractivity contribution in [1.82, 2.24) is 10.1 Å². The van der Waals surface area contributed by atoms with Crippen LogP contribution in [0.5, 0.6) is 0 Å². The largest absolute Gasteiger partial charge is 0.391 e. The van der Waals surface area contributed by atoms with E-state index in [0.717, 1.165) is 10.4 Å². The lowest BCUT2D eigenvalue weighted by atomic mass is 10.2. The molecule has 0 aliphatic heterocycles. The summed E-state index contributed by atoms with van der Waals surface area (Å²) in [5.74, 6) is 0.925. The second-order valence-corrected chi connectivity index (χ2v) is 5.13. The number of hydrogen-bond acceptors (Lipinski definition) is 5. The number of halogens is 1. The van der Waals surface area contributed by atoms with Crippen molar-refractivity contribution < 1.29 is 4.52 Å². The zero-order chi connectivity index (χ0) is 12.5. The van der Waals surface area contributed by atoms with Crippen molar-refractivity contribution in [3.8, 4) is 22.2 Å². The molecular formula is C12H8ClN3OS. The number of thiophene rings is 1. The van der Waals surface area contributed by atoms with Crippen molar-refractivity contribution in [3.05, 3.63) is 41.4 Å². The van der Waals surface area contributed by atoms with Crippen molar-refractivity contribution in [2.24, 2.45) is 0 Å². The van der Waals surface area contributed by atoms with E-state index in [4.69, 9.17) is 21.9 Å². The molecule has 0 fully saturated rings. The Balaban J connectivity index is 2.02. The van der Waals surface area contributed by atoms with Gasteiger partial charge in [-0.1, -0.05) is 28.9 Å². The van der Waals surface area contributed by atoms with Crippen LogP contribution in [-0.4, -0.2) is 10.1 Å². The number of hydrogen-bond donors (Lipinski definition) is 1. The Bertz CT molecular complexity index is 692. The normalized spacial score (nSPS) is 10.7. The number of aromatic nitrogens is 2. The lowest BCUT2D eigenvalue weighted by Gasteiger charge is -1.95. The summed E-state index contributed by atoms with van der Waals surface area (Å²) in [6, 6.07) is 11.0. The first-order valence-corrected chi connectivity index (χ1v) is 6.38. The zero-order valence-corrected chi connectivity index (χ0v) is 10.7. The molecule has 0 radical (unpaired) electrons. The van der Waals surface area contributed by atoms with Crippen LogP contribution >= 0.6 is 22.9 Å². The smallest absolute Gasteiger partial charge is 0.268 e. The summed E-state index contributed by atoms with van der Waals surface area (Å²) in [4.78, 5) is 5.16. The van der Waals surface area contributed by atoms with Gasteiger partial charge in [0.15, 0.2) is 0 Å². The number of nitrogens with two attached hydrogens (primary N) is 1. The molecule has 90 valence electrons. The predicted octanol–water partition coefficient (Wildman–Crippen LogP) is 3.70. The summed E-state index contributed by atoms with van der Waals surface area (Å²) in [6.45, 7) is 0. The quantitative estimate of drug-likeness (QED) is 0.776. The van der Waals surface area contributed by atoms with Gasteiger partial charge in [0.25, 0.3) is 5.89 Å². The van der Waals surface area contributed by atoms with Crippen LogP contribution in [0.4, 0.5) is 5.00 Å². The fourth-order valence-corrected chi connectivity index (χ4v) is 2.46. The highest BCUT2D eigenvalue weighted by atomic mass is 35.5. The van der Waals surface area contributed by atoms with Gasteiger partial charge in [0.05, 0.1) is 14.9 Å². The van der Waals surface area contributed by atoms with E-state index in [1.807, 2.05) is 24.3 Å². The van der Waals surface area contributed by atoms with Gasteiger partial charge in [0, 0.05) is 5.56 Å². The average Bonchev–Trinajstić information content (AvgIpc) is 2.98. The Morgan fingerprint density at radius 3 is 2.72 bits per heavy atom. The fourth-order valence-electron chi connectivity index (χ4n) is 1.54. The van der Waals surface area contributed by atoms with Crippen LogP contribution in [0.15, 0.2) is 40.9 Å². The standard InChI is InChI=1S/C12H8ClN3OS/c13-8-4-2-1-3-7(8)11-15-12(17-16-11)9-5-6-10(14)18-9/h1-6H,14H2. The van der Waals surface area contributed by atoms with E-state index in [0.29, 0.717) is 21.7 Å². The Labute approximate surface area is 112 Å². The van der Waals surface area contributed by atoms with E-state index in [1.165, 1.54) is 11.3 Å². The molecule has 2 N–H and O–H groups in total. The lowest BCUT2D eigenvalue weighted by Crippen LogP contribution is -1.81. The van der Waals surface area contributed by atoms with E-state index >= 15 is 0 Å². The Morgan fingerprint density at radius 1 is 1.17 bits per heavy atom. The first-order chi connectivity index (χ1) is 8.74. The van der Waals surface area contributed by atoms with Crippen molar-refractivity contribution in [1.29, 1.82) is 0 Å². The van der Waals surface area contributed by atoms with Gasteiger partial charge in [0.1, 0.15) is 0 Å². The predicted molar refractivity (Wildman–Crippen MR) is 72.5 cm³/mol. The van der Waals surface area contributed by atoms with Crippen LogP contribution < -0.4 is 5.73 Å². The molecule has 0 amide bonds. The van der Waals surface area contributed by atoms with Gasteiger partial charge >= 0.3 is 0 Å². The van der Waals surface area contributed by atoms with E-state index < -0.39 is 0 Å². The van der Waals surface area contributed by atoms with Crippen molar-refractivity contribution >= 4 is 27.9 Å². The SMILES string of the molecule is Nc1ccc(-c2nc(-c3ccccc3Cl)no2)s1. The van der Waals surface area contributed by atoms with Crippen molar-refractivity contribution in [2.75, 3.05) is 5.73 Å². The first-order valence-electron chi connectivity index (χ1n) is 5.18. The second-order valence-electron chi connectivity index (χ2n) is 3.60. The van der Waals surface area contributed by atoms with Crippen LogP contribution in [0.25, 0.3) is 22.2 Å². The lowest BCUT2D eigenvalue weighted by molar-refractivity contribution is 0.433. The summed E-state index contributed by atoms with van der Waals surface area (Å²) in [6.07, 6.45) is 0. The molecule has 0 bridgehead atoms. The highest BCUT2D eigenvalue weighted by Gasteiger charge is 2.13. The number of benzene rings is 1. The Morgan fingerprint density at radius 2 is 2.00 bits per heavy atom. The number of nitrogen functional groups attached to an aromatic ring is 1. The maximum Gasteiger partial charge on any atom is 0.268 e. The third-order valence-corrected chi connectivity index (χ3v) is 3.61. The molecule has 0 aliphatic carbocycles. The minimum absolute atomic E-state index is 0.451. The van der Waals surface area contributed by atoms with E-state index in [9.17, 15) is 0 Å².